The summed E-state index contributed by atoms with van der Waals surface area (Å²) in [6.07, 6.45) is 6.14. The average molecular weight is 398 g/mol. The zero-order chi connectivity index (χ0) is 20.2. The van der Waals surface area contributed by atoms with Gasteiger partial charge in [0.25, 0.3) is 0 Å². The number of carbonyl (C=O) groups is 1. The summed E-state index contributed by atoms with van der Waals surface area (Å²) in [7, 11) is 2.15. The molecule has 1 atom stereocenters. The van der Waals surface area contributed by atoms with Gasteiger partial charge in [-0.3, -0.25) is 4.90 Å². The Labute approximate surface area is 169 Å². The van der Waals surface area contributed by atoms with Crippen molar-refractivity contribution in [3.63, 3.8) is 0 Å². The van der Waals surface area contributed by atoms with Gasteiger partial charge in [-0.1, -0.05) is 6.07 Å². The minimum Gasteiger partial charge on any atom is -0.474 e. The average Bonchev–Trinajstić information content (AvgIpc) is 3.15. The highest BCUT2D eigenvalue weighted by molar-refractivity contribution is 5.65. The topological polar surface area (TPSA) is 104 Å². The van der Waals surface area contributed by atoms with E-state index in [1.807, 2.05) is 12.3 Å². The van der Waals surface area contributed by atoms with Gasteiger partial charge in [0.05, 0.1) is 0 Å². The lowest BCUT2D eigenvalue weighted by atomic mass is 10.1. The third-order valence-corrected chi connectivity index (χ3v) is 5.59. The number of rotatable bonds is 5. The zero-order valence-electron chi connectivity index (χ0n) is 16.5. The molecule has 0 aliphatic carbocycles. The Morgan fingerprint density at radius 1 is 1.14 bits per heavy atom. The maximum Gasteiger partial charge on any atom is 0.407 e. The summed E-state index contributed by atoms with van der Waals surface area (Å²) >= 11 is 0. The second kappa shape index (κ2) is 8.60. The Kier molecular flexibility index (Phi) is 5.75. The Morgan fingerprint density at radius 2 is 1.97 bits per heavy atom. The predicted octanol–water partition coefficient (Wildman–Crippen LogP) is 2.90. The van der Waals surface area contributed by atoms with Gasteiger partial charge in [-0.2, -0.15) is 0 Å². The van der Waals surface area contributed by atoms with Gasteiger partial charge < -0.3 is 20.1 Å². The lowest BCUT2D eigenvalue weighted by Gasteiger charge is -2.29. The van der Waals surface area contributed by atoms with Crippen LogP contribution in [0, 0.1) is 0 Å². The number of pyridine rings is 1. The predicted molar refractivity (Wildman–Crippen MR) is 107 cm³/mol. The van der Waals surface area contributed by atoms with E-state index >= 15 is 0 Å². The van der Waals surface area contributed by atoms with E-state index in [0.717, 1.165) is 6.54 Å². The van der Waals surface area contributed by atoms with Crippen molar-refractivity contribution >= 4 is 17.7 Å². The van der Waals surface area contributed by atoms with Gasteiger partial charge in [0.1, 0.15) is 24.1 Å². The van der Waals surface area contributed by atoms with Crippen molar-refractivity contribution in [2.45, 2.75) is 37.8 Å². The molecule has 9 heteroatoms. The van der Waals surface area contributed by atoms with Crippen LogP contribution in [0.5, 0.6) is 5.88 Å². The van der Waals surface area contributed by atoms with Crippen molar-refractivity contribution in [2.24, 2.45) is 0 Å². The second-order valence-electron chi connectivity index (χ2n) is 7.57. The van der Waals surface area contributed by atoms with E-state index in [2.05, 4.69) is 38.3 Å². The second-order valence-corrected chi connectivity index (χ2v) is 7.57. The van der Waals surface area contributed by atoms with Crippen LogP contribution in [0.3, 0.4) is 0 Å². The number of nitrogens with zero attached hydrogens (tertiary/aromatic N) is 5. The van der Waals surface area contributed by atoms with Crippen LogP contribution in [-0.2, 0) is 0 Å². The molecule has 4 heterocycles. The Morgan fingerprint density at radius 3 is 2.62 bits per heavy atom. The number of likely N-dealkylation sites (tertiary alicyclic amines) is 2. The van der Waals surface area contributed by atoms with Gasteiger partial charge in [-0.05, 0) is 38.1 Å². The molecular weight excluding hydrogens is 372 g/mol. The minimum absolute atomic E-state index is 0.0471. The van der Waals surface area contributed by atoms with Crippen molar-refractivity contribution < 1.29 is 14.6 Å². The summed E-state index contributed by atoms with van der Waals surface area (Å²) in [4.78, 5) is 27.7. The van der Waals surface area contributed by atoms with Crippen molar-refractivity contribution in [3.8, 4) is 5.88 Å². The third kappa shape index (κ3) is 4.73. The van der Waals surface area contributed by atoms with E-state index in [1.165, 1.54) is 29.6 Å². The molecule has 2 aliphatic heterocycles. The number of hydrogen-bond donors (Lipinski definition) is 2. The van der Waals surface area contributed by atoms with E-state index in [0.29, 0.717) is 49.5 Å². The summed E-state index contributed by atoms with van der Waals surface area (Å²) < 4.78 is 5.92. The molecule has 29 heavy (non-hydrogen) atoms. The number of amides is 1. The molecule has 0 aromatic carbocycles. The Hall–Kier alpha value is -2.94. The molecule has 154 valence electrons. The summed E-state index contributed by atoms with van der Waals surface area (Å²) in [6, 6.07) is 6.26. The Bertz CT molecular complexity index is 838. The monoisotopic (exact) mass is 398 g/mol. The highest BCUT2D eigenvalue weighted by Gasteiger charge is 2.24. The molecule has 0 saturated carbocycles. The van der Waals surface area contributed by atoms with Gasteiger partial charge >= 0.3 is 6.09 Å². The summed E-state index contributed by atoms with van der Waals surface area (Å²) in [6.45, 7) is 2.08. The first-order valence-electron chi connectivity index (χ1n) is 9.98. The lowest BCUT2D eigenvalue weighted by Crippen LogP contribution is -2.41. The van der Waals surface area contributed by atoms with Gasteiger partial charge in [-0.15, -0.1) is 0 Å². The van der Waals surface area contributed by atoms with Crippen LogP contribution < -0.4 is 10.1 Å². The number of anilines is 2. The molecule has 1 amide bonds. The van der Waals surface area contributed by atoms with Crippen molar-refractivity contribution in [2.75, 3.05) is 32.0 Å². The molecule has 2 aliphatic rings. The number of aromatic nitrogens is 3. The van der Waals surface area contributed by atoms with Gasteiger partial charge in [0.15, 0.2) is 0 Å². The smallest absolute Gasteiger partial charge is 0.407 e. The number of carboxylic acid groups (broad SMARTS) is 1. The van der Waals surface area contributed by atoms with Gasteiger partial charge in [-0.25, -0.2) is 19.7 Å². The van der Waals surface area contributed by atoms with Crippen LogP contribution in [0.15, 0.2) is 30.7 Å². The van der Waals surface area contributed by atoms with Gasteiger partial charge in [0, 0.05) is 44.2 Å². The largest absolute Gasteiger partial charge is 0.474 e. The molecule has 2 fully saturated rings. The molecule has 2 aromatic rings. The normalized spacial score (nSPS) is 20.6. The molecular formula is C20H26N6O3. The highest BCUT2D eigenvalue weighted by Crippen LogP contribution is 2.30. The molecule has 2 saturated heterocycles. The molecule has 0 radical (unpaired) electrons. The van der Waals surface area contributed by atoms with Gasteiger partial charge in [0.2, 0.25) is 5.88 Å². The molecule has 4 rings (SSSR count). The van der Waals surface area contributed by atoms with Crippen LogP contribution in [0.25, 0.3) is 0 Å². The summed E-state index contributed by atoms with van der Waals surface area (Å²) in [5.41, 5.74) is 1.23. The maximum atomic E-state index is 11.0. The molecule has 9 nitrogen and oxygen atoms in total. The fourth-order valence-electron chi connectivity index (χ4n) is 3.95. The number of nitrogens with one attached hydrogen (secondary N) is 1. The van der Waals surface area contributed by atoms with Crippen LogP contribution in [0.1, 0.15) is 37.3 Å². The van der Waals surface area contributed by atoms with Crippen LogP contribution in [0.4, 0.5) is 16.4 Å². The fraction of sp³-hybridized carbons (Fsp3) is 0.500. The molecule has 2 aromatic heterocycles. The first-order chi connectivity index (χ1) is 14.1. The van der Waals surface area contributed by atoms with E-state index in [-0.39, 0.29) is 6.10 Å². The first kappa shape index (κ1) is 19.4. The standard InChI is InChI=1S/C20H26N6O3/c1-25-8-2-3-16(25)14-4-5-17(21-12-14)24-18-11-19(23-13-22-18)29-15-6-9-26(10-7-15)20(27)28/h4-5,11-13,15-16H,2-3,6-10H2,1H3,(H,27,28)(H,21,22,23,24). The van der Waals surface area contributed by atoms with Crippen LogP contribution in [0.2, 0.25) is 0 Å². The quantitative estimate of drug-likeness (QED) is 0.792. The van der Waals surface area contributed by atoms with E-state index < -0.39 is 6.09 Å². The van der Waals surface area contributed by atoms with Crippen molar-refractivity contribution in [1.82, 2.24) is 24.8 Å². The highest BCUT2D eigenvalue weighted by atomic mass is 16.5. The third-order valence-electron chi connectivity index (χ3n) is 5.59. The lowest BCUT2D eigenvalue weighted by molar-refractivity contribution is 0.0870. The molecule has 2 N–H and O–H groups in total. The fourth-order valence-corrected chi connectivity index (χ4v) is 3.95. The molecule has 0 bridgehead atoms. The van der Waals surface area contributed by atoms with Crippen molar-refractivity contribution in [1.29, 1.82) is 0 Å². The number of hydrogen-bond acceptors (Lipinski definition) is 7. The Balaban J connectivity index is 1.35. The summed E-state index contributed by atoms with van der Waals surface area (Å²) in [5, 5.41) is 12.2. The maximum absolute atomic E-state index is 11.0. The zero-order valence-corrected chi connectivity index (χ0v) is 16.5. The first-order valence-corrected chi connectivity index (χ1v) is 9.98. The molecule has 1 unspecified atom stereocenters. The summed E-state index contributed by atoms with van der Waals surface area (Å²) in [5.74, 6) is 1.80. The van der Waals surface area contributed by atoms with E-state index in [9.17, 15) is 4.79 Å². The number of piperidine rings is 1. The number of ether oxygens (including phenoxy) is 1. The SMILES string of the molecule is CN1CCCC1c1ccc(Nc2cc(OC3CCN(C(=O)O)CC3)ncn2)nc1. The minimum atomic E-state index is -0.880. The van der Waals surface area contributed by atoms with E-state index in [4.69, 9.17) is 9.84 Å². The van der Waals surface area contributed by atoms with Crippen LogP contribution in [-0.4, -0.2) is 68.7 Å². The van der Waals surface area contributed by atoms with Crippen LogP contribution >= 0.6 is 0 Å². The molecule has 0 spiro atoms. The van der Waals surface area contributed by atoms with Crippen molar-refractivity contribution in [3.05, 3.63) is 36.3 Å². The van der Waals surface area contributed by atoms with E-state index in [1.54, 1.807) is 6.07 Å².